The number of nitriles is 2. The third kappa shape index (κ3) is 5.64. The van der Waals surface area contributed by atoms with E-state index in [0.717, 1.165) is 33.4 Å². The Morgan fingerprint density at radius 2 is 0.882 bits per heavy atom. The summed E-state index contributed by atoms with van der Waals surface area (Å²) in [5.74, 6) is 0. The molecule has 4 rings (SSSR count). The van der Waals surface area contributed by atoms with Gasteiger partial charge in [-0.2, -0.15) is 10.5 Å². The summed E-state index contributed by atoms with van der Waals surface area (Å²) in [5.41, 5.74) is 7.07. The molecule has 0 atom stereocenters. The molecule has 2 nitrogen and oxygen atoms in total. The van der Waals surface area contributed by atoms with E-state index in [4.69, 9.17) is 23.2 Å². The molecule has 0 amide bonds. The predicted octanol–water partition coefficient (Wildman–Crippen LogP) is 8.74. The van der Waals surface area contributed by atoms with Gasteiger partial charge >= 0.3 is 0 Å². The second-order valence-electron chi connectivity index (χ2n) is 7.60. The number of halogens is 2. The van der Waals surface area contributed by atoms with Crippen LogP contribution in [-0.4, -0.2) is 0 Å². The molecule has 0 saturated carbocycles. The summed E-state index contributed by atoms with van der Waals surface area (Å²) in [5, 5.41) is 19.7. The lowest BCUT2D eigenvalue weighted by atomic mass is 10.0. The van der Waals surface area contributed by atoms with Gasteiger partial charge in [0.1, 0.15) is 0 Å². The van der Waals surface area contributed by atoms with Gasteiger partial charge in [0.2, 0.25) is 0 Å². The van der Waals surface area contributed by atoms with Crippen LogP contribution < -0.4 is 0 Å². The highest BCUT2D eigenvalue weighted by atomic mass is 35.5. The maximum absolute atomic E-state index is 9.28. The Labute approximate surface area is 209 Å². The normalized spacial score (nSPS) is 10.9. The molecule has 0 radical (unpaired) electrons. The van der Waals surface area contributed by atoms with Crippen molar-refractivity contribution in [2.24, 2.45) is 0 Å². The van der Waals surface area contributed by atoms with Gasteiger partial charge in [-0.15, -0.1) is 0 Å². The van der Waals surface area contributed by atoms with Crippen LogP contribution in [0, 0.1) is 22.7 Å². The quantitative estimate of drug-likeness (QED) is 0.270. The van der Waals surface area contributed by atoms with Crippen molar-refractivity contribution in [3.8, 4) is 23.3 Å². The molecule has 4 aromatic rings. The lowest BCUT2D eigenvalue weighted by molar-refractivity contribution is 1.47. The van der Waals surface area contributed by atoms with Crippen molar-refractivity contribution in [2.45, 2.75) is 0 Å². The lowest BCUT2D eigenvalue weighted by Gasteiger charge is -2.04. The predicted molar refractivity (Wildman–Crippen MR) is 142 cm³/mol. The highest BCUT2D eigenvalue weighted by molar-refractivity contribution is 6.31. The lowest BCUT2D eigenvalue weighted by Crippen LogP contribution is -1.83. The van der Waals surface area contributed by atoms with E-state index in [1.807, 2.05) is 60.7 Å². The van der Waals surface area contributed by atoms with E-state index in [1.54, 1.807) is 24.3 Å². The molecular weight excluding hydrogens is 459 g/mol. The minimum absolute atomic E-state index is 0.550. The summed E-state index contributed by atoms with van der Waals surface area (Å²) in [6, 6.07) is 31.4. The van der Waals surface area contributed by atoms with Crippen LogP contribution in [0.2, 0.25) is 10.0 Å². The number of nitrogens with zero attached hydrogens (tertiary/aromatic N) is 2. The summed E-state index contributed by atoms with van der Waals surface area (Å²) >= 11 is 11.9. The van der Waals surface area contributed by atoms with E-state index in [0.29, 0.717) is 21.2 Å². The Morgan fingerprint density at radius 1 is 0.500 bits per heavy atom. The van der Waals surface area contributed by atoms with E-state index >= 15 is 0 Å². The average Bonchev–Trinajstić information content (AvgIpc) is 2.87. The van der Waals surface area contributed by atoms with Gasteiger partial charge in [0.05, 0.1) is 23.3 Å². The fourth-order valence-corrected chi connectivity index (χ4v) is 3.83. The topological polar surface area (TPSA) is 47.6 Å². The Balaban J connectivity index is 1.47. The Hall–Kier alpha value is -4.08. The van der Waals surface area contributed by atoms with Crippen molar-refractivity contribution in [3.05, 3.63) is 128 Å². The maximum Gasteiger partial charge on any atom is 0.0998 e. The summed E-state index contributed by atoms with van der Waals surface area (Å²) < 4.78 is 0. The first-order valence-electron chi connectivity index (χ1n) is 10.5. The SMILES string of the molecule is N#Cc1cc(Cl)ccc1C=Cc1ccc(-c2ccc(C=Cc3ccc(Cl)cc3C#N)cc2)cc1. The second-order valence-corrected chi connectivity index (χ2v) is 8.47. The zero-order valence-corrected chi connectivity index (χ0v) is 19.6. The van der Waals surface area contributed by atoms with E-state index in [9.17, 15) is 10.5 Å². The molecule has 0 aliphatic rings. The van der Waals surface area contributed by atoms with Crippen molar-refractivity contribution < 1.29 is 0 Å². The standard InChI is InChI=1S/C30H18Cl2N2/c31-29-15-13-25(27(17-29)19-33)11-5-21-1-7-23(8-2-21)24-9-3-22(4-10-24)6-12-26-14-16-30(32)18-28(26)20-34/h1-18H. The fourth-order valence-electron chi connectivity index (χ4n) is 3.49. The molecule has 0 bridgehead atoms. The molecule has 0 heterocycles. The van der Waals surface area contributed by atoms with Gasteiger partial charge in [0, 0.05) is 10.0 Å². The molecular formula is C30H18Cl2N2. The van der Waals surface area contributed by atoms with Crippen molar-refractivity contribution in [2.75, 3.05) is 0 Å². The van der Waals surface area contributed by atoms with Crippen molar-refractivity contribution in [3.63, 3.8) is 0 Å². The summed E-state index contributed by atoms with van der Waals surface area (Å²) in [7, 11) is 0. The number of rotatable bonds is 5. The van der Waals surface area contributed by atoms with Crippen LogP contribution in [0.1, 0.15) is 33.4 Å². The van der Waals surface area contributed by atoms with Crippen LogP contribution in [-0.2, 0) is 0 Å². The summed E-state index contributed by atoms with van der Waals surface area (Å²) in [4.78, 5) is 0. The van der Waals surface area contributed by atoms with E-state index < -0.39 is 0 Å². The van der Waals surface area contributed by atoms with Gasteiger partial charge in [-0.05, 0) is 57.6 Å². The summed E-state index contributed by atoms with van der Waals surface area (Å²) in [6.07, 6.45) is 7.80. The van der Waals surface area contributed by atoms with Crippen molar-refractivity contribution >= 4 is 47.5 Å². The molecule has 4 heteroatoms. The van der Waals surface area contributed by atoms with Crippen LogP contribution in [0.15, 0.2) is 84.9 Å². The van der Waals surface area contributed by atoms with Crippen molar-refractivity contribution in [1.29, 1.82) is 10.5 Å². The molecule has 0 aromatic heterocycles. The molecule has 0 aliphatic heterocycles. The number of benzene rings is 4. The maximum atomic E-state index is 9.28. The van der Waals surface area contributed by atoms with Gasteiger partial charge < -0.3 is 0 Å². The molecule has 0 spiro atoms. The Morgan fingerprint density at radius 3 is 1.24 bits per heavy atom. The summed E-state index contributed by atoms with van der Waals surface area (Å²) in [6.45, 7) is 0. The molecule has 0 fully saturated rings. The second kappa shape index (κ2) is 10.7. The third-order valence-corrected chi connectivity index (χ3v) is 5.81. The molecule has 34 heavy (non-hydrogen) atoms. The number of hydrogen-bond donors (Lipinski definition) is 0. The highest BCUT2D eigenvalue weighted by Gasteiger charge is 2.02. The van der Waals surface area contributed by atoms with E-state index in [2.05, 4.69) is 36.4 Å². The molecule has 0 N–H and O–H groups in total. The van der Waals surface area contributed by atoms with E-state index in [-0.39, 0.29) is 0 Å². The van der Waals surface area contributed by atoms with Crippen LogP contribution in [0.3, 0.4) is 0 Å². The smallest absolute Gasteiger partial charge is 0.0998 e. The van der Waals surface area contributed by atoms with Gasteiger partial charge in [-0.3, -0.25) is 0 Å². The van der Waals surface area contributed by atoms with Crippen LogP contribution in [0.4, 0.5) is 0 Å². The molecule has 0 unspecified atom stereocenters. The van der Waals surface area contributed by atoms with Crippen LogP contribution >= 0.6 is 23.2 Å². The highest BCUT2D eigenvalue weighted by Crippen LogP contribution is 2.23. The molecule has 0 saturated heterocycles. The van der Waals surface area contributed by atoms with Gasteiger partial charge in [0.25, 0.3) is 0 Å². The zero-order valence-electron chi connectivity index (χ0n) is 18.0. The van der Waals surface area contributed by atoms with Crippen molar-refractivity contribution in [1.82, 2.24) is 0 Å². The Bertz CT molecular complexity index is 1350. The molecule has 162 valence electrons. The third-order valence-electron chi connectivity index (χ3n) is 5.34. The van der Waals surface area contributed by atoms with Gasteiger partial charge in [-0.1, -0.05) is 108 Å². The number of hydrogen-bond acceptors (Lipinski definition) is 2. The molecule has 4 aromatic carbocycles. The van der Waals surface area contributed by atoms with Gasteiger partial charge in [-0.25, -0.2) is 0 Å². The van der Waals surface area contributed by atoms with Crippen LogP contribution in [0.25, 0.3) is 35.4 Å². The van der Waals surface area contributed by atoms with E-state index in [1.165, 1.54) is 0 Å². The van der Waals surface area contributed by atoms with Gasteiger partial charge in [0.15, 0.2) is 0 Å². The minimum atomic E-state index is 0.550. The minimum Gasteiger partial charge on any atom is -0.192 e. The first kappa shape index (κ1) is 23.1. The van der Waals surface area contributed by atoms with Crippen LogP contribution in [0.5, 0.6) is 0 Å². The molecule has 0 aliphatic carbocycles. The zero-order chi connectivity index (χ0) is 23.9. The first-order valence-corrected chi connectivity index (χ1v) is 11.3. The monoisotopic (exact) mass is 476 g/mol. The Kier molecular flexibility index (Phi) is 7.26. The largest absolute Gasteiger partial charge is 0.192 e. The first-order chi connectivity index (χ1) is 16.6. The average molecular weight is 477 g/mol. The fraction of sp³-hybridized carbons (Fsp3) is 0.